The molecule has 0 atom stereocenters. The Morgan fingerprint density at radius 1 is 1.16 bits per heavy atom. The lowest BCUT2D eigenvalue weighted by atomic mass is 10.1. The molecule has 0 spiro atoms. The van der Waals surface area contributed by atoms with E-state index in [2.05, 4.69) is 5.32 Å². The number of carbonyl (C=O) groups is 2. The topological polar surface area (TPSA) is 67.9 Å². The van der Waals surface area contributed by atoms with Crippen LogP contribution in [-0.2, 0) is 0 Å². The van der Waals surface area contributed by atoms with Crippen molar-refractivity contribution in [3.63, 3.8) is 0 Å². The highest BCUT2D eigenvalue weighted by molar-refractivity contribution is 6.21. The van der Waals surface area contributed by atoms with Gasteiger partial charge in [-0.3, -0.25) is 19.8 Å². The van der Waals surface area contributed by atoms with Crippen LogP contribution in [-0.4, -0.2) is 36.7 Å². The maximum absolute atomic E-state index is 12.2. The summed E-state index contributed by atoms with van der Waals surface area (Å²) >= 11 is 0. The largest absolute Gasteiger partial charge is 0.454 e. The Morgan fingerprint density at radius 2 is 1.74 bits per heavy atom. The molecule has 2 aliphatic rings. The molecule has 1 aromatic carbocycles. The Labute approximate surface area is 110 Å². The van der Waals surface area contributed by atoms with E-state index in [1.54, 1.807) is 12.1 Å². The quantitative estimate of drug-likeness (QED) is 0.647. The number of rotatable bonds is 4. The molecule has 0 saturated carbocycles. The molecule has 2 heterocycles. The van der Waals surface area contributed by atoms with E-state index in [9.17, 15) is 9.59 Å². The van der Waals surface area contributed by atoms with E-state index in [0.717, 1.165) is 13.0 Å². The van der Waals surface area contributed by atoms with Gasteiger partial charge in [-0.15, -0.1) is 0 Å². The van der Waals surface area contributed by atoms with Gasteiger partial charge in [0.25, 0.3) is 11.8 Å². The van der Waals surface area contributed by atoms with Gasteiger partial charge < -0.3 is 9.47 Å². The lowest BCUT2D eigenvalue weighted by Crippen LogP contribution is -2.38. The van der Waals surface area contributed by atoms with E-state index >= 15 is 0 Å². The van der Waals surface area contributed by atoms with Crippen molar-refractivity contribution in [2.45, 2.75) is 13.3 Å². The van der Waals surface area contributed by atoms with Gasteiger partial charge in [-0.1, -0.05) is 6.92 Å². The third kappa shape index (κ3) is 1.84. The second-order valence-corrected chi connectivity index (χ2v) is 4.45. The van der Waals surface area contributed by atoms with E-state index in [1.807, 2.05) is 6.92 Å². The van der Waals surface area contributed by atoms with Crippen LogP contribution in [0.1, 0.15) is 34.1 Å². The molecule has 0 aliphatic carbocycles. The Kier molecular flexibility index (Phi) is 2.87. The minimum atomic E-state index is -0.290. The highest BCUT2D eigenvalue weighted by atomic mass is 16.7. The molecule has 0 unspecified atom stereocenters. The molecule has 100 valence electrons. The molecule has 2 aliphatic heterocycles. The average Bonchev–Trinajstić information content (AvgIpc) is 2.95. The summed E-state index contributed by atoms with van der Waals surface area (Å²) in [4.78, 5) is 25.5. The Hall–Kier alpha value is -2.08. The van der Waals surface area contributed by atoms with Crippen molar-refractivity contribution in [3.05, 3.63) is 23.3 Å². The first-order valence-corrected chi connectivity index (χ1v) is 6.23. The first-order chi connectivity index (χ1) is 9.22. The van der Waals surface area contributed by atoms with E-state index in [4.69, 9.17) is 9.47 Å². The fourth-order valence-electron chi connectivity index (χ4n) is 2.19. The van der Waals surface area contributed by atoms with Gasteiger partial charge >= 0.3 is 0 Å². The van der Waals surface area contributed by atoms with Gasteiger partial charge in [0.2, 0.25) is 6.79 Å². The number of carbonyl (C=O) groups excluding carboxylic acids is 2. The van der Waals surface area contributed by atoms with Crippen LogP contribution in [0.5, 0.6) is 11.5 Å². The summed E-state index contributed by atoms with van der Waals surface area (Å²) in [6.07, 6.45) is 0.944. The number of benzene rings is 1. The predicted octanol–water partition coefficient (Wildman–Crippen LogP) is 0.968. The van der Waals surface area contributed by atoms with Gasteiger partial charge in [0, 0.05) is 0 Å². The van der Waals surface area contributed by atoms with Crippen molar-refractivity contribution in [2.75, 3.05) is 20.0 Å². The van der Waals surface area contributed by atoms with Gasteiger partial charge in [0.1, 0.15) is 0 Å². The Balaban J connectivity index is 1.88. The van der Waals surface area contributed by atoms with Crippen LogP contribution in [0.4, 0.5) is 0 Å². The second-order valence-electron chi connectivity index (χ2n) is 4.45. The molecule has 6 nitrogen and oxygen atoms in total. The second kappa shape index (κ2) is 4.55. The highest BCUT2D eigenvalue weighted by Gasteiger charge is 2.37. The molecule has 2 amide bonds. The summed E-state index contributed by atoms with van der Waals surface area (Å²) in [5.74, 6) is 0.454. The number of amides is 2. The van der Waals surface area contributed by atoms with Gasteiger partial charge in [0.15, 0.2) is 11.5 Å². The van der Waals surface area contributed by atoms with Crippen molar-refractivity contribution < 1.29 is 19.1 Å². The first-order valence-electron chi connectivity index (χ1n) is 6.23. The van der Waals surface area contributed by atoms with Gasteiger partial charge in [-0.05, 0) is 25.1 Å². The first kappa shape index (κ1) is 12.0. The molecule has 1 N–H and O–H groups in total. The van der Waals surface area contributed by atoms with Gasteiger partial charge in [-0.2, -0.15) is 0 Å². The Morgan fingerprint density at radius 3 is 2.26 bits per heavy atom. The lowest BCUT2D eigenvalue weighted by Gasteiger charge is -2.13. The van der Waals surface area contributed by atoms with Gasteiger partial charge in [0.05, 0.1) is 17.8 Å². The summed E-state index contributed by atoms with van der Waals surface area (Å²) in [5, 5.41) is 3.05. The summed E-state index contributed by atoms with van der Waals surface area (Å²) in [7, 11) is 0. The van der Waals surface area contributed by atoms with Crippen molar-refractivity contribution >= 4 is 11.8 Å². The van der Waals surface area contributed by atoms with Crippen LogP contribution in [0.2, 0.25) is 0 Å². The highest BCUT2D eigenvalue weighted by Crippen LogP contribution is 2.37. The third-order valence-corrected chi connectivity index (χ3v) is 3.16. The minimum absolute atomic E-state index is 0.127. The van der Waals surface area contributed by atoms with Crippen LogP contribution in [0.15, 0.2) is 12.1 Å². The van der Waals surface area contributed by atoms with Crippen LogP contribution < -0.4 is 14.8 Å². The van der Waals surface area contributed by atoms with E-state index in [-0.39, 0.29) is 25.3 Å². The monoisotopic (exact) mass is 262 g/mol. The lowest BCUT2D eigenvalue weighted by molar-refractivity contribution is 0.0641. The van der Waals surface area contributed by atoms with E-state index < -0.39 is 0 Å². The maximum Gasteiger partial charge on any atom is 0.262 e. The fraction of sp³-hybridized carbons (Fsp3) is 0.385. The number of hydrogen-bond acceptors (Lipinski definition) is 5. The normalized spacial score (nSPS) is 16.2. The zero-order valence-electron chi connectivity index (χ0n) is 10.6. The number of nitrogens with one attached hydrogen (secondary N) is 1. The zero-order chi connectivity index (χ0) is 13.4. The number of hydrogen-bond donors (Lipinski definition) is 1. The predicted molar refractivity (Wildman–Crippen MR) is 66.2 cm³/mol. The third-order valence-electron chi connectivity index (χ3n) is 3.16. The smallest absolute Gasteiger partial charge is 0.262 e. The van der Waals surface area contributed by atoms with Crippen LogP contribution >= 0.6 is 0 Å². The van der Waals surface area contributed by atoms with Crippen molar-refractivity contribution in [2.24, 2.45) is 0 Å². The van der Waals surface area contributed by atoms with Crippen molar-refractivity contribution in [1.29, 1.82) is 0 Å². The molecule has 3 rings (SSSR count). The molecule has 6 heteroatoms. The molecule has 1 aromatic rings. The number of ether oxygens (including phenoxy) is 2. The van der Waals surface area contributed by atoms with Crippen LogP contribution in [0, 0.1) is 0 Å². The summed E-state index contributed by atoms with van der Waals surface area (Å²) in [6.45, 7) is 3.14. The van der Waals surface area contributed by atoms with E-state index in [0.29, 0.717) is 22.6 Å². The van der Waals surface area contributed by atoms with Crippen molar-refractivity contribution in [1.82, 2.24) is 10.2 Å². The molecule has 0 fully saturated rings. The van der Waals surface area contributed by atoms with Gasteiger partial charge in [-0.25, -0.2) is 0 Å². The van der Waals surface area contributed by atoms with Crippen LogP contribution in [0.3, 0.4) is 0 Å². The SMILES string of the molecule is CCCNCN1C(=O)c2cc3c(cc2C1=O)OCO3. The molecule has 0 aromatic heterocycles. The molecular formula is C13H14N2O4. The number of nitrogens with zero attached hydrogens (tertiary/aromatic N) is 1. The molecule has 0 bridgehead atoms. The van der Waals surface area contributed by atoms with E-state index in [1.165, 1.54) is 4.90 Å². The fourth-order valence-corrected chi connectivity index (χ4v) is 2.19. The minimum Gasteiger partial charge on any atom is -0.454 e. The summed E-state index contributed by atoms with van der Waals surface area (Å²) < 4.78 is 10.4. The molecule has 0 saturated heterocycles. The maximum atomic E-state index is 12.2. The molecule has 19 heavy (non-hydrogen) atoms. The summed E-state index contributed by atoms with van der Waals surface area (Å²) in [5.41, 5.74) is 0.764. The van der Waals surface area contributed by atoms with Crippen LogP contribution in [0.25, 0.3) is 0 Å². The zero-order valence-corrected chi connectivity index (χ0v) is 10.6. The summed E-state index contributed by atoms with van der Waals surface area (Å²) in [6, 6.07) is 3.16. The average molecular weight is 262 g/mol. The standard InChI is InChI=1S/C13H14N2O4/c1-2-3-14-6-15-12(16)8-4-10-11(19-7-18-10)5-9(8)13(15)17/h4-5,14H,2-3,6-7H2,1H3. The number of imide groups is 1. The Bertz CT molecular complexity index is 513. The molecular weight excluding hydrogens is 248 g/mol. The molecule has 0 radical (unpaired) electrons. The van der Waals surface area contributed by atoms with Crippen molar-refractivity contribution in [3.8, 4) is 11.5 Å². The number of fused-ring (bicyclic) bond motifs is 2.